The summed E-state index contributed by atoms with van der Waals surface area (Å²) in [6.45, 7) is 3.59. The molecular formula is C9H13N3O2. The summed E-state index contributed by atoms with van der Waals surface area (Å²) in [5, 5.41) is 1.21. The van der Waals surface area contributed by atoms with E-state index in [0.29, 0.717) is 5.82 Å². The number of aliphatic imine (C=N–C) groups is 1. The van der Waals surface area contributed by atoms with Gasteiger partial charge in [0, 0.05) is 5.71 Å². The fourth-order valence-electron chi connectivity index (χ4n) is 1.12. The van der Waals surface area contributed by atoms with E-state index in [4.69, 9.17) is 5.84 Å². The van der Waals surface area contributed by atoms with Crippen LogP contribution in [0.5, 0.6) is 0 Å². The Morgan fingerprint density at radius 2 is 2.36 bits per heavy atom. The first kappa shape index (κ1) is 10.5. The van der Waals surface area contributed by atoms with Crippen LogP contribution in [0.4, 0.5) is 0 Å². The van der Waals surface area contributed by atoms with E-state index in [1.165, 1.54) is 12.1 Å². The van der Waals surface area contributed by atoms with Crippen LogP contribution in [0, 0.1) is 0 Å². The molecular weight excluding hydrogens is 182 g/mol. The van der Waals surface area contributed by atoms with Crippen molar-refractivity contribution in [3.63, 3.8) is 0 Å². The van der Waals surface area contributed by atoms with E-state index in [0.717, 1.165) is 5.71 Å². The maximum Gasteiger partial charge on any atom is 0.356 e. The second-order valence-electron chi connectivity index (χ2n) is 2.79. The lowest BCUT2D eigenvalue weighted by atomic mass is 10.2. The lowest BCUT2D eigenvalue weighted by molar-refractivity contribution is -0.137. The zero-order valence-electron chi connectivity index (χ0n) is 8.44. The third-order valence-electron chi connectivity index (χ3n) is 1.80. The van der Waals surface area contributed by atoms with E-state index < -0.39 is 5.97 Å². The summed E-state index contributed by atoms with van der Waals surface area (Å²) in [5.41, 5.74) is 1.01. The number of hydrogen-bond donors (Lipinski definition) is 1. The van der Waals surface area contributed by atoms with Crippen LogP contribution in [0.2, 0.25) is 0 Å². The van der Waals surface area contributed by atoms with E-state index >= 15 is 0 Å². The number of hydrogen-bond acceptors (Lipinski definition) is 5. The Balaban J connectivity index is 3.07. The number of methoxy groups -OCH3 is 1. The van der Waals surface area contributed by atoms with Gasteiger partial charge in [-0.3, -0.25) is 5.01 Å². The van der Waals surface area contributed by atoms with Gasteiger partial charge < -0.3 is 4.74 Å². The number of nitrogens with two attached hydrogens (primary N) is 1. The highest BCUT2D eigenvalue weighted by atomic mass is 16.5. The third-order valence-corrected chi connectivity index (χ3v) is 1.80. The van der Waals surface area contributed by atoms with Gasteiger partial charge in [-0.1, -0.05) is 0 Å². The molecule has 0 atom stereocenters. The topological polar surface area (TPSA) is 67.9 Å². The van der Waals surface area contributed by atoms with E-state index in [-0.39, 0.29) is 5.70 Å². The summed E-state index contributed by atoms with van der Waals surface area (Å²) in [6, 6.07) is 0. The summed E-state index contributed by atoms with van der Waals surface area (Å²) in [5.74, 6) is 5.72. The molecule has 0 aromatic carbocycles. The minimum atomic E-state index is -0.471. The fraction of sp³-hybridized carbons (Fsp3) is 0.333. The van der Waals surface area contributed by atoms with Gasteiger partial charge in [-0.25, -0.2) is 15.6 Å². The Kier molecular flexibility index (Phi) is 3.03. The maximum absolute atomic E-state index is 11.3. The van der Waals surface area contributed by atoms with Crippen LogP contribution >= 0.6 is 0 Å². The number of nitrogens with zero attached hydrogens (tertiary/aromatic N) is 2. The predicted molar refractivity (Wildman–Crippen MR) is 53.0 cm³/mol. The van der Waals surface area contributed by atoms with Gasteiger partial charge in [-0.2, -0.15) is 0 Å². The molecule has 0 fully saturated rings. The Morgan fingerprint density at radius 1 is 1.71 bits per heavy atom. The Morgan fingerprint density at radius 3 is 2.86 bits per heavy atom. The molecule has 1 rings (SSSR count). The molecule has 0 unspecified atom stereocenters. The molecule has 76 valence electrons. The highest BCUT2D eigenvalue weighted by Gasteiger charge is 2.21. The summed E-state index contributed by atoms with van der Waals surface area (Å²) < 4.78 is 4.59. The molecule has 2 N–H and O–H groups in total. The van der Waals surface area contributed by atoms with Gasteiger partial charge in [0.05, 0.1) is 7.11 Å². The lowest BCUT2D eigenvalue weighted by Gasteiger charge is -2.23. The molecule has 0 aromatic heterocycles. The molecule has 1 heterocycles. The van der Waals surface area contributed by atoms with Gasteiger partial charge in [0.2, 0.25) is 0 Å². The molecule has 0 aromatic rings. The van der Waals surface area contributed by atoms with Crippen molar-refractivity contribution < 1.29 is 9.53 Å². The van der Waals surface area contributed by atoms with Crippen molar-refractivity contribution in [2.75, 3.05) is 7.11 Å². The van der Waals surface area contributed by atoms with Crippen LogP contribution in [0.15, 0.2) is 28.7 Å². The molecule has 14 heavy (non-hydrogen) atoms. The SMILES string of the molecule is C/C=C1/N=C(C)C=C(C(=O)OC)N1N. The number of allylic oxidation sites excluding steroid dienone is 2. The van der Waals surface area contributed by atoms with Crippen molar-refractivity contribution >= 4 is 11.7 Å². The van der Waals surface area contributed by atoms with Crippen LogP contribution in [-0.4, -0.2) is 23.8 Å². The van der Waals surface area contributed by atoms with Crippen molar-refractivity contribution in [3.8, 4) is 0 Å². The minimum absolute atomic E-state index is 0.285. The minimum Gasteiger partial charge on any atom is -0.464 e. The summed E-state index contributed by atoms with van der Waals surface area (Å²) >= 11 is 0. The molecule has 0 amide bonds. The quantitative estimate of drug-likeness (QED) is 0.490. The third kappa shape index (κ3) is 1.82. The zero-order valence-corrected chi connectivity index (χ0v) is 8.44. The number of carbonyl (C=O) groups excluding carboxylic acids is 1. The Labute approximate surface area is 82.5 Å². The molecule has 1 aliphatic rings. The molecule has 0 bridgehead atoms. The first-order valence-electron chi connectivity index (χ1n) is 4.16. The molecule has 0 saturated carbocycles. The van der Waals surface area contributed by atoms with Crippen molar-refractivity contribution in [2.45, 2.75) is 13.8 Å². The second kappa shape index (κ2) is 4.06. The van der Waals surface area contributed by atoms with Gasteiger partial charge in [0.1, 0.15) is 11.5 Å². The number of hydrazine groups is 1. The summed E-state index contributed by atoms with van der Waals surface area (Å²) in [6.07, 6.45) is 3.30. The number of esters is 1. The number of ether oxygens (including phenoxy) is 1. The monoisotopic (exact) mass is 195 g/mol. The maximum atomic E-state index is 11.3. The fourth-order valence-corrected chi connectivity index (χ4v) is 1.12. The van der Waals surface area contributed by atoms with Crippen LogP contribution in [0.1, 0.15) is 13.8 Å². The van der Waals surface area contributed by atoms with E-state index in [2.05, 4.69) is 9.73 Å². The van der Waals surface area contributed by atoms with Gasteiger partial charge in [0.25, 0.3) is 0 Å². The molecule has 0 aliphatic carbocycles. The Hall–Kier alpha value is -1.62. The van der Waals surface area contributed by atoms with Crippen molar-refractivity contribution in [1.82, 2.24) is 5.01 Å². The van der Waals surface area contributed by atoms with Gasteiger partial charge >= 0.3 is 5.97 Å². The first-order chi connectivity index (χ1) is 6.60. The molecule has 0 radical (unpaired) electrons. The summed E-state index contributed by atoms with van der Waals surface area (Å²) in [4.78, 5) is 15.4. The van der Waals surface area contributed by atoms with Gasteiger partial charge in [0.15, 0.2) is 0 Å². The normalized spacial score (nSPS) is 19.1. The highest BCUT2D eigenvalue weighted by molar-refractivity contribution is 6.02. The lowest BCUT2D eigenvalue weighted by Crippen LogP contribution is -2.35. The molecule has 0 saturated heterocycles. The summed E-state index contributed by atoms with van der Waals surface area (Å²) in [7, 11) is 1.31. The largest absolute Gasteiger partial charge is 0.464 e. The Bertz CT molecular complexity index is 342. The average molecular weight is 195 g/mol. The molecule has 1 aliphatic heterocycles. The number of rotatable bonds is 1. The van der Waals surface area contributed by atoms with Gasteiger partial charge in [-0.15, -0.1) is 0 Å². The van der Waals surface area contributed by atoms with E-state index in [1.807, 2.05) is 0 Å². The van der Waals surface area contributed by atoms with E-state index in [1.54, 1.807) is 26.0 Å². The van der Waals surface area contributed by atoms with Gasteiger partial charge in [-0.05, 0) is 26.0 Å². The van der Waals surface area contributed by atoms with Crippen LogP contribution in [0.25, 0.3) is 0 Å². The molecule has 5 nitrogen and oxygen atoms in total. The predicted octanol–water partition coefficient (Wildman–Crippen LogP) is 0.555. The van der Waals surface area contributed by atoms with Crippen LogP contribution < -0.4 is 5.84 Å². The first-order valence-corrected chi connectivity index (χ1v) is 4.16. The number of carbonyl (C=O) groups is 1. The van der Waals surface area contributed by atoms with Crippen LogP contribution in [0.3, 0.4) is 0 Å². The highest BCUT2D eigenvalue weighted by Crippen LogP contribution is 2.16. The van der Waals surface area contributed by atoms with Crippen molar-refractivity contribution in [2.24, 2.45) is 10.8 Å². The van der Waals surface area contributed by atoms with Crippen molar-refractivity contribution in [1.29, 1.82) is 0 Å². The molecule has 5 heteroatoms. The van der Waals surface area contributed by atoms with Crippen LogP contribution in [-0.2, 0) is 9.53 Å². The van der Waals surface area contributed by atoms with Crippen molar-refractivity contribution in [3.05, 3.63) is 23.7 Å². The average Bonchev–Trinajstić information content (AvgIpc) is 2.19. The zero-order chi connectivity index (χ0) is 10.7. The second-order valence-corrected chi connectivity index (χ2v) is 2.79. The molecule has 0 spiro atoms. The smallest absolute Gasteiger partial charge is 0.356 e. The standard InChI is InChI=1S/C9H13N3O2/c1-4-8-11-6(2)5-7(12(8)10)9(13)14-3/h4-5H,10H2,1-3H3/b8-4-. The van der Waals surface area contributed by atoms with E-state index in [9.17, 15) is 4.79 Å².